The SMILES string of the molecule is CCOC(=O)OC1=C(c2cc(-n3cc(Cl)cn3)ccc2C)C(=O)NC12CCC(OC)CC2. The zero-order valence-electron chi connectivity index (χ0n) is 18.3. The molecule has 1 saturated carbocycles. The van der Waals surface area contributed by atoms with Crippen LogP contribution in [0.2, 0.25) is 5.02 Å². The maximum Gasteiger partial charge on any atom is 0.513 e. The van der Waals surface area contributed by atoms with E-state index >= 15 is 0 Å². The number of nitrogens with one attached hydrogen (secondary N) is 1. The van der Waals surface area contributed by atoms with E-state index in [2.05, 4.69) is 10.4 Å². The van der Waals surface area contributed by atoms with E-state index in [0.29, 0.717) is 34.8 Å². The first-order chi connectivity index (χ1) is 15.4. The van der Waals surface area contributed by atoms with Crippen molar-refractivity contribution in [3.05, 3.63) is 52.5 Å². The Morgan fingerprint density at radius 2 is 2.09 bits per heavy atom. The maximum atomic E-state index is 13.3. The fourth-order valence-electron chi connectivity index (χ4n) is 4.44. The zero-order chi connectivity index (χ0) is 22.9. The van der Waals surface area contributed by atoms with Crippen molar-refractivity contribution in [2.75, 3.05) is 13.7 Å². The zero-order valence-corrected chi connectivity index (χ0v) is 19.1. The van der Waals surface area contributed by atoms with Gasteiger partial charge in [-0.05, 0) is 62.8 Å². The predicted molar refractivity (Wildman–Crippen MR) is 118 cm³/mol. The van der Waals surface area contributed by atoms with Gasteiger partial charge >= 0.3 is 6.16 Å². The van der Waals surface area contributed by atoms with Crippen LogP contribution < -0.4 is 5.32 Å². The Kier molecular flexibility index (Phi) is 6.26. The summed E-state index contributed by atoms with van der Waals surface area (Å²) in [6, 6.07) is 5.64. The van der Waals surface area contributed by atoms with Gasteiger partial charge in [0.2, 0.25) is 0 Å². The molecule has 2 aliphatic rings. The molecule has 9 heteroatoms. The molecule has 1 amide bonds. The van der Waals surface area contributed by atoms with Gasteiger partial charge in [0.25, 0.3) is 5.91 Å². The van der Waals surface area contributed by atoms with E-state index in [0.717, 1.165) is 24.1 Å². The van der Waals surface area contributed by atoms with Gasteiger partial charge in [-0.15, -0.1) is 0 Å². The molecule has 170 valence electrons. The van der Waals surface area contributed by atoms with Gasteiger partial charge in [0.05, 0.1) is 40.7 Å². The molecule has 2 heterocycles. The summed E-state index contributed by atoms with van der Waals surface area (Å²) in [6.45, 7) is 3.79. The highest BCUT2D eigenvalue weighted by molar-refractivity contribution is 6.30. The molecule has 1 aromatic carbocycles. The van der Waals surface area contributed by atoms with Crippen molar-refractivity contribution in [1.29, 1.82) is 0 Å². The van der Waals surface area contributed by atoms with Gasteiger partial charge in [-0.25, -0.2) is 9.48 Å². The van der Waals surface area contributed by atoms with Crippen molar-refractivity contribution < 1.29 is 23.8 Å². The Balaban J connectivity index is 1.82. The van der Waals surface area contributed by atoms with Crippen LogP contribution in [0.25, 0.3) is 11.3 Å². The Labute approximate surface area is 191 Å². The number of hydrogen-bond acceptors (Lipinski definition) is 6. The lowest BCUT2D eigenvalue weighted by molar-refractivity contribution is -0.116. The van der Waals surface area contributed by atoms with E-state index in [9.17, 15) is 9.59 Å². The second-order valence-electron chi connectivity index (χ2n) is 8.06. The first kappa shape index (κ1) is 22.4. The van der Waals surface area contributed by atoms with Gasteiger partial charge in [-0.2, -0.15) is 5.10 Å². The highest BCUT2D eigenvalue weighted by Crippen LogP contribution is 2.44. The number of aromatic nitrogens is 2. The van der Waals surface area contributed by atoms with Gasteiger partial charge in [0, 0.05) is 13.3 Å². The first-order valence-electron chi connectivity index (χ1n) is 10.6. The molecule has 1 aliphatic carbocycles. The quantitative estimate of drug-likeness (QED) is 0.674. The number of benzene rings is 1. The molecule has 0 unspecified atom stereocenters. The van der Waals surface area contributed by atoms with Crippen LogP contribution in [0.15, 0.2) is 36.4 Å². The third kappa shape index (κ3) is 4.12. The maximum absolute atomic E-state index is 13.3. The lowest BCUT2D eigenvalue weighted by Gasteiger charge is -2.37. The number of carbonyl (C=O) groups excluding carboxylic acids is 2. The summed E-state index contributed by atoms with van der Waals surface area (Å²) < 4.78 is 17.9. The minimum absolute atomic E-state index is 0.111. The number of carbonyl (C=O) groups is 2. The van der Waals surface area contributed by atoms with Gasteiger partial charge in [-0.1, -0.05) is 17.7 Å². The summed E-state index contributed by atoms with van der Waals surface area (Å²) in [5.74, 6) is 0.0353. The van der Waals surface area contributed by atoms with Crippen LogP contribution in [0.3, 0.4) is 0 Å². The number of amides is 1. The first-order valence-corrected chi connectivity index (χ1v) is 11.0. The highest BCUT2D eigenvalue weighted by atomic mass is 35.5. The van der Waals surface area contributed by atoms with Crippen LogP contribution in [0.5, 0.6) is 0 Å². The second kappa shape index (κ2) is 8.96. The average molecular weight is 460 g/mol. The van der Waals surface area contributed by atoms with E-state index in [-0.39, 0.29) is 18.6 Å². The summed E-state index contributed by atoms with van der Waals surface area (Å²) in [6.07, 6.45) is 5.20. The van der Waals surface area contributed by atoms with Crippen LogP contribution >= 0.6 is 11.6 Å². The predicted octanol–water partition coefficient (Wildman–Crippen LogP) is 4.18. The number of methoxy groups -OCH3 is 1. The molecule has 0 bridgehead atoms. The second-order valence-corrected chi connectivity index (χ2v) is 8.50. The standard InChI is InChI=1S/C23H26ClN3O5/c1-4-31-22(29)32-20-19(21(28)26-23(20)9-7-17(30-3)8-10-23)18-11-16(6-5-14(18)2)27-13-15(24)12-25-27/h5-6,11-13,17H,4,7-10H2,1-3H3,(H,26,28). The number of hydrogen-bond donors (Lipinski definition) is 1. The number of rotatable bonds is 5. The highest BCUT2D eigenvalue weighted by Gasteiger charge is 2.50. The van der Waals surface area contributed by atoms with E-state index < -0.39 is 11.7 Å². The molecular formula is C23H26ClN3O5. The van der Waals surface area contributed by atoms with E-state index in [1.54, 1.807) is 31.1 Å². The average Bonchev–Trinajstić information content (AvgIpc) is 3.31. The summed E-state index contributed by atoms with van der Waals surface area (Å²) >= 11 is 6.02. The van der Waals surface area contributed by atoms with E-state index in [1.807, 2.05) is 25.1 Å². The van der Waals surface area contributed by atoms with Gasteiger partial charge in [0.15, 0.2) is 0 Å². The molecule has 8 nitrogen and oxygen atoms in total. The number of ether oxygens (including phenoxy) is 3. The summed E-state index contributed by atoms with van der Waals surface area (Å²) in [5, 5.41) is 7.85. The van der Waals surface area contributed by atoms with Crippen molar-refractivity contribution in [2.24, 2.45) is 0 Å². The molecular weight excluding hydrogens is 434 g/mol. The van der Waals surface area contributed by atoms with Crippen molar-refractivity contribution in [3.63, 3.8) is 0 Å². The van der Waals surface area contributed by atoms with Gasteiger partial charge < -0.3 is 19.5 Å². The third-order valence-electron chi connectivity index (χ3n) is 6.11. The Morgan fingerprint density at radius 1 is 1.34 bits per heavy atom. The van der Waals surface area contributed by atoms with Crippen LogP contribution in [0.1, 0.15) is 43.7 Å². The van der Waals surface area contributed by atoms with Crippen molar-refractivity contribution in [1.82, 2.24) is 15.1 Å². The lowest BCUT2D eigenvalue weighted by Crippen LogP contribution is -2.49. The Hall–Kier alpha value is -2.84. The van der Waals surface area contributed by atoms with Crippen molar-refractivity contribution in [3.8, 4) is 5.69 Å². The fraction of sp³-hybridized carbons (Fsp3) is 0.435. The number of aryl methyl sites for hydroxylation is 1. The minimum Gasteiger partial charge on any atom is -0.434 e. The normalized spacial score (nSPS) is 22.9. The minimum atomic E-state index is -0.822. The molecule has 0 radical (unpaired) electrons. The molecule has 2 aromatic rings. The molecule has 1 spiro atoms. The molecule has 0 atom stereocenters. The molecule has 1 N–H and O–H groups in total. The van der Waals surface area contributed by atoms with Crippen molar-refractivity contribution >= 4 is 29.2 Å². The van der Waals surface area contributed by atoms with Crippen LogP contribution in [0, 0.1) is 6.92 Å². The lowest BCUT2D eigenvalue weighted by atomic mass is 9.79. The van der Waals surface area contributed by atoms with Crippen LogP contribution in [-0.2, 0) is 19.0 Å². The Bertz CT molecular complexity index is 1070. The van der Waals surface area contributed by atoms with Crippen LogP contribution in [0.4, 0.5) is 4.79 Å². The van der Waals surface area contributed by atoms with Crippen LogP contribution in [-0.4, -0.2) is 47.2 Å². The van der Waals surface area contributed by atoms with E-state index in [4.69, 9.17) is 25.8 Å². The molecule has 1 aromatic heterocycles. The molecule has 0 saturated heterocycles. The summed E-state index contributed by atoms with van der Waals surface area (Å²) in [5.41, 5.74) is 1.83. The van der Waals surface area contributed by atoms with Crippen molar-refractivity contribution in [2.45, 2.75) is 51.2 Å². The topological polar surface area (TPSA) is 91.7 Å². The monoisotopic (exact) mass is 459 g/mol. The number of nitrogens with zero attached hydrogens (tertiary/aromatic N) is 2. The van der Waals surface area contributed by atoms with Gasteiger partial charge in [0.1, 0.15) is 5.76 Å². The van der Waals surface area contributed by atoms with Gasteiger partial charge in [-0.3, -0.25) is 4.79 Å². The Morgan fingerprint density at radius 3 is 2.72 bits per heavy atom. The smallest absolute Gasteiger partial charge is 0.434 e. The number of halogens is 1. The molecule has 32 heavy (non-hydrogen) atoms. The largest absolute Gasteiger partial charge is 0.513 e. The fourth-order valence-corrected chi connectivity index (χ4v) is 4.57. The van der Waals surface area contributed by atoms with E-state index in [1.165, 1.54) is 0 Å². The summed E-state index contributed by atoms with van der Waals surface area (Å²) in [4.78, 5) is 25.6. The molecule has 1 fully saturated rings. The summed E-state index contributed by atoms with van der Waals surface area (Å²) in [7, 11) is 1.68. The molecule has 1 aliphatic heterocycles. The molecule has 4 rings (SSSR count). The third-order valence-corrected chi connectivity index (χ3v) is 6.31.